The van der Waals surface area contributed by atoms with Gasteiger partial charge in [-0.15, -0.1) is 0 Å². The smallest absolute Gasteiger partial charge is 0.303 e. The summed E-state index contributed by atoms with van der Waals surface area (Å²) < 4.78 is 10.6. The van der Waals surface area contributed by atoms with Crippen molar-refractivity contribution in [1.29, 1.82) is 0 Å². The van der Waals surface area contributed by atoms with Crippen LogP contribution in [-0.2, 0) is 16.1 Å². The van der Waals surface area contributed by atoms with Gasteiger partial charge in [-0.1, -0.05) is 17.7 Å². The molecule has 8 nitrogen and oxygen atoms in total. The van der Waals surface area contributed by atoms with Gasteiger partial charge in [0.2, 0.25) is 12.7 Å². The van der Waals surface area contributed by atoms with Crippen molar-refractivity contribution in [2.75, 3.05) is 12.1 Å². The van der Waals surface area contributed by atoms with Crippen LogP contribution in [0.25, 0.3) is 0 Å². The highest BCUT2D eigenvalue weighted by atomic mass is 35.5. The van der Waals surface area contributed by atoms with E-state index in [0.717, 1.165) is 5.56 Å². The molecule has 0 saturated carbocycles. The van der Waals surface area contributed by atoms with Crippen LogP contribution in [0, 0.1) is 0 Å². The Labute approximate surface area is 165 Å². The number of carbonyl (C=O) groups excluding carboxylic acids is 2. The van der Waals surface area contributed by atoms with Gasteiger partial charge in [-0.3, -0.25) is 14.4 Å². The Hall–Kier alpha value is -3.26. The zero-order chi connectivity index (χ0) is 20.1. The molecule has 3 rings (SSSR count). The number of fused-ring (bicyclic) bond motifs is 1. The third-order valence-electron chi connectivity index (χ3n) is 3.96. The number of aliphatic carboxylic acids is 1. The molecule has 0 fully saturated rings. The average molecular weight is 405 g/mol. The minimum Gasteiger partial charge on any atom is -0.481 e. The first-order valence-corrected chi connectivity index (χ1v) is 8.78. The minimum atomic E-state index is -1.08. The Balaban J connectivity index is 1.67. The van der Waals surface area contributed by atoms with E-state index in [0.29, 0.717) is 16.5 Å². The second-order valence-corrected chi connectivity index (χ2v) is 6.44. The number of carbonyl (C=O) groups is 3. The summed E-state index contributed by atoms with van der Waals surface area (Å²) in [5, 5.41) is 14.3. The molecule has 1 aliphatic rings. The minimum absolute atomic E-state index is 0.165. The van der Waals surface area contributed by atoms with Gasteiger partial charge in [0, 0.05) is 18.0 Å². The van der Waals surface area contributed by atoms with E-state index in [1.165, 1.54) is 18.2 Å². The first-order valence-electron chi connectivity index (χ1n) is 8.40. The quantitative estimate of drug-likeness (QED) is 0.653. The lowest BCUT2D eigenvalue weighted by atomic mass is 10.1. The normalized spacial score (nSPS) is 11.8. The Kier molecular flexibility index (Phi) is 6.00. The predicted octanol–water partition coefficient (Wildman–Crippen LogP) is 2.80. The number of rotatable bonds is 7. The number of halogens is 1. The summed E-state index contributed by atoms with van der Waals surface area (Å²) >= 11 is 5.98. The summed E-state index contributed by atoms with van der Waals surface area (Å²) in [4.78, 5) is 35.1. The van der Waals surface area contributed by atoms with Crippen LogP contribution in [0.1, 0.15) is 28.8 Å². The molecule has 146 valence electrons. The molecule has 0 spiro atoms. The number of hydrogen-bond donors (Lipinski definition) is 3. The first kappa shape index (κ1) is 19.5. The second-order valence-electron chi connectivity index (χ2n) is 6.00. The third-order valence-corrected chi connectivity index (χ3v) is 4.19. The maximum Gasteiger partial charge on any atom is 0.303 e. The molecule has 2 aromatic carbocycles. The van der Waals surface area contributed by atoms with E-state index in [1.807, 2.05) is 0 Å². The van der Waals surface area contributed by atoms with Crippen LogP contribution in [0.5, 0.6) is 11.5 Å². The first-order chi connectivity index (χ1) is 13.4. The van der Waals surface area contributed by atoms with E-state index in [1.54, 1.807) is 18.2 Å². The van der Waals surface area contributed by atoms with E-state index in [-0.39, 0.29) is 37.4 Å². The molecule has 9 heteroatoms. The molecule has 1 aliphatic heterocycles. The standard InChI is InChI=1S/C19H17ClN2O6/c20-12-2-3-14(22-17(23)5-6-18(24)25)13(8-12)19(26)21-9-11-1-4-15-16(7-11)28-10-27-15/h1-4,7-8H,5-6,9-10H2,(H,21,26)(H,22,23)(H,24,25). The summed E-state index contributed by atoms with van der Waals surface area (Å²) in [7, 11) is 0. The van der Waals surface area contributed by atoms with Crippen molar-refractivity contribution in [3.63, 3.8) is 0 Å². The lowest BCUT2D eigenvalue weighted by Gasteiger charge is -2.12. The lowest BCUT2D eigenvalue weighted by Crippen LogP contribution is -2.25. The van der Waals surface area contributed by atoms with Gasteiger partial charge in [-0.25, -0.2) is 0 Å². The molecule has 2 aromatic rings. The Morgan fingerprint density at radius 1 is 1.04 bits per heavy atom. The fourth-order valence-electron chi connectivity index (χ4n) is 2.57. The van der Waals surface area contributed by atoms with E-state index in [9.17, 15) is 14.4 Å². The highest BCUT2D eigenvalue weighted by Crippen LogP contribution is 2.32. The molecule has 28 heavy (non-hydrogen) atoms. The number of anilines is 1. The van der Waals surface area contributed by atoms with Crippen LogP contribution in [0.2, 0.25) is 5.02 Å². The Morgan fingerprint density at radius 2 is 1.82 bits per heavy atom. The molecular formula is C19H17ClN2O6. The molecule has 0 radical (unpaired) electrons. The summed E-state index contributed by atoms with van der Waals surface area (Å²) in [6, 6.07) is 9.80. The van der Waals surface area contributed by atoms with E-state index < -0.39 is 17.8 Å². The number of carboxylic acid groups (broad SMARTS) is 1. The van der Waals surface area contributed by atoms with Gasteiger partial charge >= 0.3 is 5.97 Å². The molecule has 0 atom stereocenters. The molecule has 0 unspecified atom stereocenters. The van der Waals surface area contributed by atoms with Crippen molar-refractivity contribution in [3.8, 4) is 11.5 Å². The molecule has 0 bridgehead atoms. The maximum atomic E-state index is 12.6. The van der Waals surface area contributed by atoms with Crippen molar-refractivity contribution in [2.24, 2.45) is 0 Å². The topological polar surface area (TPSA) is 114 Å². The molecule has 2 amide bonds. The number of benzene rings is 2. The summed E-state index contributed by atoms with van der Waals surface area (Å²) in [5.74, 6) is -0.756. The molecule has 0 aromatic heterocycles. The van der Waals surface area contributed by atoms with Crippen LogP contribution < -0.4 is 20.1 Å². The van der Waals surface area contributed by atoms with Gasteiger partial charge in [-0.05, 0) is 35.9 Å². The van der Waals surface area contributed by atoms with Gasteiger partial charge in [0.15, 0.2) is 11.5 Å². The van der Waals surface area contributed by atoms with E-state index >= 15 is 0 Å². The van der Waals surface area contributed by atoms with Crippen molar-refractivity contribution in [1.82, 2.24) is 5.32 Å². The fourth-order valence-corrected chi connectivity index (χ4v) is 2.75. The lowest BCUT2D eigenvalue weighted by molar-refractivity contribution is -0.138. The van der Waals surface area contributed by atoms with Crippen LogP contribution in [0.4, 0.5) is 5.69 Å². The van der Waals surface area contributed by atoms with Crippen molar-refractivity contribution < 1.29 is 29.0 Å². The monoisotopic (exact) mass is 404 g/mol. The molecule has 0 aliphatic carbocycles. The number of nitrogens with one attached hydrogen (secondary N) is 2. The van der Waals surface area contributed by atoms with Crippen LogP contribution in [0.3, 0.4) is 0 Å². The zero-order valence-electron chi connectivity index (χ0n) is 14.7. The number of carboxylic acids is 1. The summed E-state index contributed by atoms with van der Waals surface area (Å²) in [6.45, 7) is 0.396. The number of amides is 2. The zero-order valence-corrected chi connectivity index (χ0v) is 15.4. The second kappa shape index (κ2) is 8.62. The molecule has 1 heterocycles. The van der Waals surface area contributed by atoms with Crippen molar-refractivity contribution in [3.05, 3.63) is 52.5 Å². The Bertz CT molecular complexity index is 931. The van der Waals surface area contributed by atoms with Crippen molar-refractivity contribution in [2.45, 2.75) is 19.4 Å². The van der Waals surface area contributed by atoms with E-state index in [2.05, 4.69) is 10.6 Å². The van der Waals surface area contributed by atoms with E-state index in [4.69, 9.17) is 26.2 Å². The van der Waals surface area contributed by atoms with Gasteiger partial charge < -0.3 is 25.2 Å². The largest absolute Gasteiger partial charge is 0.481 e. The maximum absolute atomic E-state index is 12.6. The van der Waals surface area contributed by atoms with Crippen LogP contribution in [0.15, 0.2) is 36.4 Å². The predicted molar refractivity (Wildman–Crippen MR) is 101 cm³/mol. The summed E-state index contributed by atoms with van der Waals surface area (Å²) in [5.41, 5.74) is 1.24. The number of hydrogen-bond acceptors (Lipinski definition) is 5. The Morgan fingerprint density at radius 3 is 2.61 bits per heavy atom. The molecule has 0 saturated heterocycles. The SMILES string of the molecule is O=C(O)CCC(=O)Nc1ccc(Cl)cc1C(=O)NCc1ccc2c(c1)OCO2. The summed E-state index contributed by atoms with van der Waals surface area (Å²) in [6.07, 6.45) is -0.499. The fraction of sp³-hybridized carbons (Fsp3) is 0.211. The molecule has 3 N–H and O–H groups in total. The molecular weight excluding hydrogens is 388 g/mol. The third kappa shape index (κ3) is 4.92. The average Bonchev–Trinajstić information content (AvgIpc) is 3.13. The van der Waals surface area contributed by atoms with Crippen LogP contribution in [-0.4, -0.2) is 29.7 Å². The van der Waals surface area contributed by atoms with Gasteiger partial charge in [0.05, 0.1) is 17.7 Å². The van der Waals surface area contributed by atoms with Gasteiger partial charge in [0.25, 0.3) is 5.91 Å². The number of ether oxygens (including phenoxy) is 2. The van der Waals surface area contributed by atoms with Gasteiger partial charge in [-0.2, -0.15) is 0 Å². The van der Waals surface area contributed by atoms with Crippen molar-refractivity contribution >= 4 is 35.1 Å². The highest BCUT2D eigenvalue weighted by Gasteiger charge is 2.16. The van der Waals surface area contributed by atoms with Crippen LogP contribution >= 0.6 is 11.6 Å². The highest BCUT2D eigenvalue weighted by molar-refractivity contribution is 6.31. The van der Waals surface area contributed by atoms with Gasteiger partial charge in [0.1, 0.15) is 0 Å².